The van der Waals surface area contributed by atoms with E-state index in [1.54, 1.807) is 0 Å². The lowest BCUT2D eigenvalue weighted by molar-refractivity contribution is 0.669. The van der Waals surface area contributed by atoms with E-state index in [2.05, 4.69) is 175 Å². The first-order valence-electron chi connectivity index (χ1n) is 17.8. The first-order chi connectivity index (χ1) is 25.7. The average molecular weight is 667 g/mol. The number of rotatable bonds is 5. The standard InChI is InChI=1S/C49H34N2O/c1-4-12-33(13-5-1)46-28-39(29-47(50-46)34-14-6-2-7-15-34)35-22-24-42-40(26-35)32-51(41-16-8-3-9-17-41)31-38-21-20-36(27-45(38)42)37-23-25-44-43-18-10-11-19-48(43)52-49(44)30-37/h1-30H,31-32H2. The van der Waals surface area contributed by atoms with Gasteiger partial charge in [-0.3, -0.25) is 0 Å². The highest BCUT2D eigenvalue weighted by Crippen LogP contribution is 2.41. The maximum atomic E-state index is 6.28. The molecule has 3 nitrogen and oxygen atoms in total. The fourth-order valence-electron chi connectivity index (χ4n) is 7.72. The third kappa shape index (κ3) is 5.44. The van der Waals surface area contributed by atoms with Crippen LogP contribution in [0.1, 0.15) is 11.1 Å². The molecule has 0 fully saturated rings. The Morgan fingerprint density at radius 3 is 1.71 bits per heavy atom. The van der Waals surface area contributed by atoms with Crippen molar-refractivity contribution in [2.24, 2.45) is 0 Å². The highest BCUT2D eigenvalue weighted by Gasteiger charge is 2.22. The topological polar surface area (TPSA) is 29.3 Å². The van der Waals surface area contributed by atoms with Crippen LogP contribution in [0.2, 0.25) is 0 Å². The Morgan fingerprint density at radius 1 is 0.385 bits per heavy atom. The van der Waals surface area contributed by atoms with Gasteiger partial charge in [0, 0.05) is 40.7 Å². The summed E-state index contributed by atoms with van der Waals surface area (Å²) in [6, 6.07) is 65.0. The molecule has 1 aliphatic heterocycles. The van der Waals surface area contributed by atoms with Gasteiger partial charge in [-0.1, -0.05) is 127 Å². The van der Waals surface area contributed by atoms with E-state index < -0.39 is 0 Å². The van der Waals surface area contributed by atoms with E-state index >= 15 is 0 Å². The van der Waals surface area contributed by atoms with Crippen molar-refractivity contribution in [1.29, 1.82) is 0 Å². The van der Waals surface area contributed by atoms with Crippen LogP contribution in [0.15, 0.2) is 186 Å². The maximum absolute atomic E-state index is 6.28. The SMILES string of the molecule is c1ccc(-c2cc(-c3ccc4c(c3)CN(c3ccccc3)Cc3ccc(-c5ccc6c(c5)oc5ccccc56)cc3-4)cc(-c3ccccc3)n2)cc1. The fourth-order valence-corrected chi connectivity index (χ4v) is 7.72. The van der Waals surface area contributed by atoms with Crippen molar-refractivity contribution in [3.05, 3.63) is 193 Å². The number of pyridine rings is 1. The largest absolute Gasteiger partial charge is 0.456 e. The van der Waals surface area contributed by atoms with Crippen LogP contribution in [-0.2, 0) is 13.1 Å². The molecule has 0 bridgehead atoms. The minimum atomic E-state index is 0.796. The molecule has 0 atom stereocenters. The molecular weight excluding hydrogens is 633 g/mol. The highest BCUT2D eigenvalue weighted by molar-refractivity contribution is 6.06. The Morgan fingerprint density at radius 2 is 0.962 bits per heavy atom. The second-order valence-electron chi connectivity index (χ2n) is 13.6. The van der Waals surface area contributed by atoms with Gasteiger partial charge in [0.2, 0.25) is 0 Å². The van der Waals surface area contributed by atoms with Crippen molar-refractivity contribution in [2.75, 3.05) is 4.90 Å². The van der Waals surface area contributed by atoms with Crippen LogP contribution in [0.5, 0.6) is 0 Å². The minimum absolute atomic E-state index is 0.796. The van der Waals surface area contributed by atoms with E-state index in [1.165, 1.54) is 39.1 Å². The monoisotopic (exact) mass is 666 g/mol. The van der Waals surface area contributed by atoms with Crippen LogP contribution in [-0.4, -0.2) is 4.98 Å². The molecule has 52 heavy (non-hydrogen) atoms. The van der Waals surface area contributed by atoms with Crippen molar-refractivity contribution >= 4 is 27.6 Å². The van der Waals surface area contributed by atoms with Gasteiger partial charge in [0.15, 0.2) is 0 Å². The molecule has 3 heteroatoms. The van der Waals surface area contributed by atoms with Gasteiger partial charge in [-0.2, -0.15) is 0 Å². The maximum Gasteiger partial charge on any atom is 0.136 e. The number of benzene rings is 7. The summed E-state index contributed by atoms with van der Waals surface area (Å²) in [6.07, 6.45) is 0. The normalized spacial score (nSPS) is 12.4. The van der Waals surface area contributed by atoms with Gasteiger partial charge >= 0.3 is 0 Å². The molecule has 246 valence electrons. The van der Waals surface area contributed by atoms with Crippen LogP contribution >= 0.6 is 0 Å². The first-order valence-corrected chi connectivity index (χ1v) is 17.8. The number of hydrogen-bond donors (Lipinski definition) is 0. The lowest BCUT2D eigenvalue weighted by Crippen LogP contribution is -2.20. The quantitative estimate of drug-likeness (QED) is 0.183. The predicted molar refractivity (Wildman–Crippen MR) is 215 cm³/mol. The first kappa shape index (κ1) is 30.1. The number of anilines is 1. The molecule has 10 rings (SSSR count). The van der Waals surface area contributed by atoms with Gasteiger partial charge in [-0.05, 0) is 99.1 Å². The van der Waals surface area contributed by atoms with Crippen LogP contribution in [0.25, 0.3) is 77.8 Å². The molecule has 3 heterocycles. The van der Waals surface area contributed by atoms with Gasteiger partial charge in [0.1, 0.15) is 11.2 Å². The van der Waals surface area contributed by atoms with Gasteiger partial charge < -0.3 is 9.32 Å². The lowest BCUT2D eigenvalue weighted by atomic mass is 9.90. The Hall–Kier alpha value is -6.71. The summed E-state index contributed by atoms with van der Waals surface area (Å²) in [5, 5.41) is 2.30. The molecule has 7 aromatic carbocycles. The van der Waals surface area contributed by atoms with Gasteiger partial charge in [-0.15, -0.1) is 0 Å². The zero-order chi connectivity index (χ0) is 34.4. The summed E-state index contributed by atoms with van der Waals surface area (Å²) < 4.78 is 6.28. The molecule has 0 N–H and O–H groups in total. The van der Waals surface area contributed by atoms with Crippen molar-refractivity contribution in [3.63, 3.8) is 0 Å². The number of fused-ring (bicyclic) bond motifs is 6. The van der Waals surface area contributed by atoms with Crippen LogP contribution in [0.3, 0.4) is 0 Å². The Labute approximate surface area is 303 Å². The zero-order valence-corrected chi connectivity index (χ0v) is 28.5. The third-order valence-electron chi connectivity index (χ3n) is 10.4. The molecule has 0 aliphatic carbocycles. The fraction of sp³-hybridized carbons (Fsp3) is 0.0408. The number of hydrogen-bond acceptors (Lipinski definition) is 3. The lowest BCUT2D eigenvalue weighted by Gasteiger charge is -2.24. The average Bonchev–Trinajstić information content (AvgIpc) is 3.51. The number of nitrogens with zero attached hydrogens (tertiary/aromatic N) is 2. The van der Waals surface area contributed by atoms with Crippen molar-refractivity contribution in [2.45, 2.75) is 13.1 Å². The van der Waals surface area contributed by atoms with Crippen molar-refractivity contribution < 1.29 is 4.42 Å². The Kier molecular flexibility index (Phi) is 7.28. The van der Waals surface area contributed by atoms with Crippen LogP contribution < -0.4 is 4.90 Å². The molecule has 0 unspecified atom stereocenters. The highest BCUT2D eigenvalue weighted by atomic mass is 16.3. The van der Waals surface area contributed by atoms with Gasteiger partial charge in [0.25, 0.3) is 0 Å². The molecule has 0 saturated carbocycles. The van der Waals surface area contributed by atoms with E-state index in [-0.39, 0.29) is 0 Å². The molecule has 0 saturated heterocycles. The van der Waals surface area contributed by atoms with Crippen molar-refractivity contribution in [1.82, 2.24) is 4.98 Å². The van der Waals surface area contributed by atoms with Crippen LogP contribution in [0, 0.1) is 0 Å². The van der Waals surface area contributed by atoms with Crippen molar-refractivity contribution in [3.8, 4) is 55.9 Å². The predicted octanol–water partition coefficient (Wildman–Crippen LogP) is 12.8. The second-order valence-corrected chi connectivity index (χ2v) is 13.6. The molecule has 0 radical (unpaired) electrons. The molecule has 2 aromatic heterocycles. The Balaban J connectivity index is 1.12. The van der Waals surface area contributed by atoms with E-state index in [9.17, 15) is 0 Å². The summed E-state index contributed by atoms with van der Waals surface area (Å²) in [6.45, 7) is 1.61. The summed E-state index contributed by atoms with van der Waals surface area (Å²) >= 11 is 0. The summed E-state index contributed by atoms with van der Waals surface area (Å²) in [7, 11) is 0. The molecular formula is C49H34N2O. The minimum Gasteiger partial charge on any atom is -0.456 e. The third-order valence-corrected chi connectivity index (χ3v) is 10.4. The van der Waals surface area contributed by atoms with Gasteiger partial charge in [0.05, 0.1) is 11.4 Å². The number of aromatic nitrogens is 1. The van der Waals surface area contributed by atoms with E-state index in [4.69, 9.17) is 9.40 Å². The summed E-state index contributed by atoms with van der Waals surface area (Å²) in [4.78, 5) is 7.63. The summed E-state index contributed by atoms with van der Waals surface area (Å²) in [5.41, 5.74) is 17.0. The van der Waals surface area contributed by atoms with E-state index in [0.717, 1.165) is 68.7 Å². The zero-order valence-electron chi connectivity index (χ0n) is 28.5. The Bertz CT molecular complexity index is 2670. The molecule has 0 spiro atoms. The molecule has 1 aliphatic rings. The van der Waals surface area contributed by atoms with E-state index in [1.807, 2.05) is 12.1 Å². The van der Waals surface area contributed by atoms with E-state index in [0.29, 0.717) is 0 Å². The van der Waals surface area contributed by atoms with Gasteiger partial charge in [-0.25, -0.2) is 4.98 Å². The number of furan rings is 1. The summed E-state index contributed by atoms with van der Waals surface area (Å²) in [5.74, 6) is 0. The molecule has 0 amide bonds. The van der Waals surface area contributed by atoms with Crippen LogP contribution in [0.4, 0.5) is 5.69 Å². The smallest absolute Gasteiger partial charge is 0.136 e. The molecule has 9 aromatic rings. The number of para-hydroxylation sites is 2. The second kappa shape index (κ2) is 12.6.